The van der Waals surface area contributed by atoms with Crippen LogP contribution in [0.3, 0.4) is 0 Å². The third-order valence-electron chi connectivity index (χ3n) is 7.35. The second-order valence-corrected chi connectivity index (χ2v) is 14.5. The number of nitrogens with zero attached hydrogens (tertiary/aromatic N) is 2. The Kier molecular flexibility index (Phi) is 10.5. The summed E-state index contributed by atoms with van der Waals surface area (Å²) in [5.74, 6) is 0.317. The highest BCUT2D eigenvalue weighted by atomic mass is 127. The second kappa shape index (κ2) is 14.7. The van der Waals surface area contributed by atoms with Crippen molar-refractivity contribution in [1.82, 2.24) is 4.57 Å². The van der Waals surface area contributed by atoms with Gasteiger partial charge in [-0.25, -0.2) is 9.79 Å². The molecule has 1 aliphatic rings. The van der Waals surface area contributed by atoms with Gasteiger partial charge in [-0.2, -0.15) is 0 Å². The average Bonchev–Trinajstić information content (AvgIpc) is 3.38. The van der Waals surface area contributed by atoms with Crippen molar-refractivity contribution in [2.75, 3.05) is 12.9 Å². The number of carbonyl (C=O) groups excluding carboxylic acids is 1. The number of hydrogen-bond donors (Lipinski definition) is 0. The molecule has 0 fully saturated rings. The molecule has 0 aliphatic carbocycles. The molecule has 10 heteroatoms. The number of esters is 1. The maximum absolute atomic E-state index is 14.3. The number of thioether (sulfide) groups is 1. The lowest BCUT2D eigenvalue weighted by molar-refractivity contribution is -0.138. The lowest BCUT2D eigenvalue weighted by Crippen LogP contribution is -2.40. The number of ether oxygens (including phenoxy) is 2. The van der Waals surface area contributed by atoms with E-state index < -0.39 is 12.0 Å². The Labute approximate surface area is 302 Å². The summed E-state index contributed by atoms with van der Waals surface area (Å²) in [6, 6.07) is 30.9. The van der Waals surface area contributed by atoms with Gasteiger partial charge in [0.15, 0.2) is 4.80 Å². The number of hydrogen-bond acceptors (Lipinski definition) is 7. The summed E-state index contributed by atoms with van der Waals surface area (Å²) < 4.78 is 15.8. The van der Waals surface area contributed by atoms with E-state index >= 15 is 0 Å². The highest BCUT2D eigenvalue weighted by Gasteiger charge is 2.35. The number of benzene rings is 4. The third kappa shape index (κ3) is 6.90. The average molecular weight is 871 g/mol. The van der Waals surface area contributed by atoms with Crippen molar-refractivity contribution in [2.24, 2.45) is 4.99 Å². The predicted molar refractivity (Wildman–Crippen MR) is 202 cm³/mol. The molecule has 1 aromatic heterocycles. The fraction of sp³-hybridized carbons (Fsp3) is 0.139. The van der Waals surface area contributed by atoms with Crippen LogP contribution in [0.15, 0.2) is 117 Å². The zero-order valence-corrected chi connectivity index (χ0v) is 30.9. The monoisotopic (exact) mass is 870 g/mol. The van der Waals surface area contributed by atoms with Crippen LogP contribution < -0.4 is 19.6 Å². The van der Waals surface area contributed by atoms with E-state index in [2.05, 4.69) is 45.2 Å². The Morgan fingerprint density at radius 1 is 0.978 bits per heavy atom. The van der Waals surface area contributed by atoms with Crippen LogP contribution in [0.5, 0.6) is 5.75 Å². The van der Waals surface area contributed by atoms with Gasteiger partial charge in [0.2, 0.25) is 0 Å². The fourth-order valence-electron chi connectivity index (χ4n) is 5.22. The van der Waals surface area contributed by atoms with Gasteiger partial charge in [0.1, 0.15) is 12.4 Å². The van der Waals surface area contributed by atoms with E-state index in [1.807, 2.05) is 109 Å². The van der Waals surface area contributed by atoms with E-state index in [1.54, 1.807) is 23.3 Å². The molecule has 6 rings (SSSR count). The Balaban J connectivity index is 1.49. The van der Waals surface area contributed by atoms with Crippen molar-refractivity contribution in [3.63, 3.8) is 0 Å². The molecule has 0 spiro atoms. The molecule has 2 heterocycles. The van der Waals surface area contributed by atoms with Gasteiger partial charge in [-0.3, -0.25) is 9.36 Å². The Hall–Kier alpha value is -3.20. The summed E-state index contributed by atoms with van der Waals surface area (Å²) in [5.41, 5.74) is 4.19. The normalized spacial score (nSPS) is 14.5. The first kappa shape index (κ1) is 32.7. The molecule has 0 saturated carbocycles. The summed E-state index contributed by atoms with van der Waals surface area (Å²) in [7, 11) is 0. The molecular weight excluding hydrogens is 842 g/mol. The van der Waals surface area contributed by atoms with Gasteiger partial charge in [-0.05, 0) is 105 Å². The molecule has 0 radical (unpaired) electrons. The SMILES string of the molecule is CCOC(=O)C1=C(c2ccccc2)N=c2s/c(=C\c3cc(I)c(OCc4ccccc4)c(I)c3)c(=O)n2[C@@H]1c1ccc(SC)cc1. The minimum Gasteiger partial charge on any atom is -0.487 e. The lowest BCUT2D eigenvalue weighted by atomic mass is 9.93. The largest absolute Gasteiger partial charge is 0.487 e. The Morgan fingerprint density at radius 3 is 2.26 bits per heavy atom. The summed E-state index contributed by atoms with van der Waals surface area (Å²) >= 11 is 7.50. The van der Waals surface area contributed by atoms with Crippen molar-refractivity contribution < 1.29 is 14.3 Å². The molecule has 0 unspecified atom stereocenters. The van der Waals surface area contributed by atoms with Crippen molar-refractivity contribution in [3.05, 3.63) is 152 Å². The van der Waals surface area contributed by atoms with E-state index in [0.29, 0.717) is 27.2 Å². The lowest BCUT2D eigenvalue weighted by Gasteiger charge is -2.26. The summed E-state index contributed by atoms with van der Waals surface area (Å²) in [6.45, 7) is 2.45. The van der Waals surface area contributed by atoms with Crippen LogP contribution in [0.2, 0.25) is 0 Å². The van der Waals surface area contributed by atoms with E-state index in [0.717, 1.165) is 40.0 Å². The van der Waals surface area contributed by atoms with Gasteiger partial charge in [0, 0.05) is 10.5 Å². The number of aromatic nitrogens is 1. The smallest absolute Gasteiger partial charge is 0.338 e. The number of carbonyl (C=O) groups is 1. The summed E-state index contributed by atoms with van der Waals surface area (Å²) in [4.78, 5) is 34.5. The maximum Gasteiger partial charge on any atom is 0.338 e. The molecule has 232 valence electrons. The van der Waals surface area contributed by atoms with Gasteiger partial charge in [-0.1, -0.05) is 84.1 Å². The van der Waals surface area contributed by atoms with Crippen LogP contribution in [-0.2, 0) is 16.1 Å². The molecule has 6 nitrogen and oxygen atoms in total. The summed E-state index contributed by atoms with van der Waals surface area (Å²) in [5, 5.41) is 0. The Morgan fingerprint density at radius 2 is 1.63 bits per heavy atom. The van der Waals surface area contributed by atoms with Crippen LogP contribution in [0.4, 0.5) is 0 Å². The maximum atomic E-state index is 14.3. The first-order valence-electron chi connectivity index (χ1n) is 14.5. The number of thiazole rings is 1. The molecule has 1 aliphatic heterocycles. The number of fused-ring (bicyclic) bond motifs is 1. The van der Waals surface area contributed by atoms with Gasteiger partial charge >= 0.3 is 5.97 Å². The highest BCUT2D eigenvalue weighted by molar-refractivity contribution is 14.1. The third-order valence-corrected chi connectivity index (χ3v) is 10.7. The van der Waals surface area contributed by atoms with Crippen LogP contribution in [0, 0.1) is 7.14 Å². The molecule has 5 aromatic rings. The van der Waals surface area contributed by atoms with E-state index in [1.165, 1.54) is 11.3 Å². The van der Waals surface area contributed by atoms with E-state index in [-0.39, 0.29) is 12.2 Å². The molecule has 0 saturated heterocycles. The first-order chi connectivity index (χ1) is 22.4. The number of rotatable bonds is 9. The van der Waals surface area contributed by atoms with Gasteiger partial charge in [-0.15, -0.1) is 11.8 Å². The molecule has 4 aromatic carbocycles. The van der Waals surface area contributed by atoms with Gasteiger partial charge in [0.05, 0.1) is 35.6 Å². The van der Waals surface area contributed by atoms with E-state index in [4.69, 9.17) is 14.5 Å². The summed E-state index contributed by atoms with van der Waals surface area (Å²) in [6.07, 6.45) is 3.90. The van der Waals surface area contributed by atoms with Crippen LogP contribution in [-0.4, -0.2) is 23.4 Å². The molecule has 0 amide bonds. The highest BCUT2D eigenvalue weighted by Crippen LogP contribution is 2.36. The minimum absolute atomic E-state index is 0.204. The van der Waals surface area contributed by atoms with Gasteiger partial charge in [0.25, 0.3) is 5.56 Å². The topological polar surface area (TPSA) is 69.9 Å². The van der Waals surface area contributed by atoms with Crippen LogP contribution >= 0.6 is 68.3 Å². The van der Waals surface area contributed by atoms with Crippen LogP contribution in [0.1, 0.15) is 35.2 Å². The quantitative estimate of drug-likeness (QED) is 0.0876. The zero-order valence-electron chi connectivity index (χ0n) is 24.9. The minimum atomic E-state index is -0.711. The standard InChI is InChI=1S/C36H28I2N2O4S2/c1-3-43-35(42)30-31(24-12-8-5-9-13-24)39-36-40(32(30)25-14-16-26(45-2)17-15-25)34(41)29(46-36)20-23-18-27(37)33(28(38)19-23)44-21-22-10-6-4-7-11-22/h4-20,32H,3,21H2,1-2H3/b29-20-/t32-/m1/s1. The molecule has 1 atom stereocenters. The zero-order chi connectivity index (χ0) is 32.2. The van der Waals surface area contributed by atoms with E-state index in [9.17, 15) is 9.59 Å². The fourth-order valence-corrected chi connectivity index (χ4v) is 8.76. The molecular formula is C36H28I2N2O4S2. The number of halogens is 2. The van der Waals surface area contributed by atoms with Crippen molar-refractivity contribution in [1.29, 1.82) is 0 Å². The molecule has 46 heavy (non-hydrogen) atoms. The second-order valence-electron chi connectivity index (χ2n) is 10.3. The van der Waals surface area contributed by atoms with Crippen molar-refractivity contribution in [2.45, 2.75) is 24.5 Å². The van der Waals surface area contributed by atoms with Gasteiger partial charge < -0.3 is 9.47 Å². The molecule has 0 N–H and O–H groups in total. The van der Waals surface area contributed by atoms with Crippen LogP contribution in [0.25, 0.3) is 11.8 Å². The first-order valence-corrected chi connectivity index (χ1v) is 18.7. The van der Waals surface area contributed by atoms with Crippen molar-refractivity contribution >= 4 is 86.0 Å². The molecule has 0 bridgehead atoms. The van der Waals surface area contributed by atoms with Crippen molar-refractivity contribution in [3.8, 4) is 5.75 Å². The predicted octanol–water partition coefficient (Wildman–Crippen LogP) is 7.45. The Bertz CT molecular complexity index is 2090.